The van der Waals surface area contributed by atoms with Gasteiger partial charge in [0.25, 0.3) is 0 Å². The smallest absolute Gasteiger partial charge is 0.397 e. The summed E-state index contributed by atoms with van der Waals surface area (Å²) < 4.78 is 36.0. The molecule has 6 heteroatoms. The number of benzene rings is 1. The van der Waals surface area contributed by atoms with Crippen LogP contribution in [0.15, 0.2) is 24.3 Å². The molecular weight excluding hydrogens is 221 g/mol. The maximum atomic E-state index is 12.0. The lowest BCUT2D eigenvalue weighted by molar-refractivity contribution is -0.151. The highest BCUT2D eigenvalue weighted by Gasteiger charge is 2.32. The zero-order valence-electron chi connectivity index (χ0n) is 8.58. The summed E-state index contributed by atoms with van der Waals surface area (Å²) in [5, 5.41) is 0. The van der Waals surface area contributed by atoms with Gasteiger partial charge in [-0.1, -0.05) is 6.07 Å². The van der Waals surface area contributed by atoms with Gasteiger partial charge >= 0.3 is 6.18 Å². The number of hydrogen-bond acceptors (Lipinski definition) is 2. The molecule has 0 radical (unpaired) electrons. The first-order valence-electron chi connectivity index (χ1n) is 4.48. The van der Waals surface area contributed by atoms with Crippen LogP contribution in [0.1, 0.15) is 6.42 Å². The second-order valence-electron chi connectivity index (χ2n) is 3.34. The lowest BCUT2D eigenvalue weighted by Crippen LogP contribution is -2.30. The van der Waals surface area contributed by atoms with Gasteiger partial charge < -0.3 is 10.6 Å². The maximum absolute atomic E-state index is 12.0. The summed E-state index contributed by atoms with van der Waals surface area (Å²) in [7, 11) is 1.28. The number of amides is 1. The number of nitrogens with two attached hydrogens (primary N) is 1. The predicted octanol–water partition coefficient (Wildman–Crippen LogP) is 2.18. The van der Waals surface area contributed by atoms with Gasteiger partial charge in [0.15, 0.2) is 0 Å². The fourth-order valence-corrected chi connectivity index (χ4v) is 1.17. The number of carbonyl (C=O) groups excluding carboxylic acids is 1. The topological polar surface area (TPSA) is 46.3 Å². The van der Waals surface area contributed by atoms with Crippen LogP contribution in [0.4, 0.5) is 24.5 Å². The third kappa shape index (κ3) is 3.45. The van der Waals surface area contributed by atoms with Gasteiger partial charge in [0.2, 0.25) is 5.91 Å². The third-order valence-electron chi connectivity index (χ3n) is 1.98. The summed E-state index contributed by atoms with van der Waals surface area (Å²) in [4.78, 5) is 12.2. The zero-order chi connectivity index (χ0) is 12.3. The highest BCUT2D eigenvalue weighted by atomic mass is 19.4. The number of alkyl halides is 3. The molecule has 0 unspecified atom stereocenters. The van der Waals surface area contributed by atoms with E-state index in [1.165, 1.54) is 19.2 Å². The molecule has 2 N–H and O–H groups in total. The molecule has 1 aromatic rings. The Kier molecular flexibility index (Phi) is 3.41. The van der Waals surface area contributed by atoms with Gasteiger partial charge in [-0.15, -0.1) is 0 Å². The number of nitrogens with zero attached hydrogens (tertiary/aromatic N) is 1. The molecule has 0 aromatic heterocycles. The van der Waals surface area contributed by atoms with E-state index in [9.17, 15) is 18.0 Å². The summed E-state index contributed by atoms with van der Waals surface area (Å²) in [6, 6.07) is 6.12. The highest BCUT2D eigenvalue weighted by molar-refractivity contribution is 5.93. The zero-order valence-corrected chi connectivity index (χ0v) is 8.58. The van der Waals surface area contributed by atoms with Crippen molar-refractivity contribution in [3.8, 4) is 0 Å². The molecule has 0 aliphatic carbocycles. The fraction of sp³-hybridized carbons (Fsp3) is 0.300. The molecule has 88 valence electrons. The van der Waals surface area contributed by atoms with Gasteiger partial charge in [-0.25, -0.2) is 0 Å². The molecule has 0 heterocycles. The summed E-state index contributed by atoms with van der Waals surface area (Å²) in [5.41, 5.74) is 6.20. The molecule has 0 aliphatic rings. The average molecular weight is 232 g/mol. The molecule has 0 saturated carbocycles. The minimum atomic E-state index is -4.49. The van der Waals surface area contributed by atoms with Crippen molar-refractivity contribution in [1.82, 2.24) is 0 Å². The van der Waals surface area contributed by atoms with Gasteiger partial charge in [0.05, 0.1) is 0 Å². The normalized spacial score (nSPS) is 11.2. The lowest BCUT2D eigenvalue weighted by atomic mass is 10.2. The Morgan fingerprint density at radius 3 is 2.56 bits per heavy atom. The molecule has 1 rings (SSSR count). The van der Waals surface area contributed by atoms with Gasteiger partial charge in [-0.3, -0.25) is 4.79 Å². The van der Waals surface area contributed by atoms with Crippen LogP contribution in [0, 0.1) is 0 Å². The van der Waals surface area contributed by atoms with Crippen LogP contribution in [-0.2, 0) is 4.79 Å². The van der Waals surface area contributed by atoms with E-state index in [4.69, 9.17) is 5.73 Å². The van der Waals surface area contributed by atoms with E-state index in [0.29, 0.717) is 11.4 Å². The first-order chi connectivity index (χ1) is 7.29. The average Bonchev–Trinajstić information content (AvgIpc) is 2.14. The Bertz CT molecular complexity index is 390. The Hall–Kier alpha value is -1.72. The third-order valence-corrected chi connectivity index (χ3v) is 1.98. The van der Waals surface area contributed by atoms with E-state index in [0.717, 1.165) is 4.90 Å². The number of hydrogen-bond donors (Lipinski definition) is 1. The number of nitrogen functional groups attached to an aromatic ring is 1. The van der Waals surface area contributed by atoms with E-state index in [1.54, 1.807) is 12.1 Å². The van der Waals surface area contributed by atoms with Crippen LogP contribution in [-0.4, -0.2) is 19.1 Å². The molecule has 16 heavy (non-hydrogen) atoms. The monoisotopic (exact) mass is 232 g/mol. The maximum Gasteiger partial charge on any atom is 0.397 e. The van der Waals surface area contributed by atoms with Crippen LogP contribution in [0.3, 0.4) is 0 Å². The molecule has 1 amide bonds. The lowest BCUT2D eigenvalue weighted by Gasteiger charge is -2.18. The summed E-state index contributed by atoms with van der Waals surface area (Å²) >= 11 is 0. The molecule has 0 atom stereocenters. The minimum Gasteiger partial charge on any atom is -0.399 e. The molecule has 1 aromatic carbocycles. The molecule has 0 spiro atoms. The van der Waals surface area contributed by atoms with Crippen LogP contribution in [0.5, 0.6) is 0 Å². The van der Waals surface area contributed by atoms with Crippen LogP contribution in [0.2, 0.25) is 0 Å². The Morgan fingerprint density at radius 2 is 2.06 bits per heavy atom. The summed E-state index contributed by atoms with van der Waals surface area (Å²) in [5.74, 6) is -1.02. The van der Waals surface area contributed by atoms with Gasteiger partial charge in [-0.05, 0) is 18.2 Å². The van der Waals surface area contributed by atoms with E-state index in [1.807, 2.05) is 0 Å². The summed E-state index contributed by atoms with van der Waals surface area (Å²) in [6.07, 6.45) is -5.97. The van der Waals surface area contributed by atoms with Gasteiger partial charge in [0.1, 0.15) is 6.42 Å². The number of carbonyl (C=O) groups is 1. The van der Waals surface area contributed by atoms with Crippen molar-refractivity contribution in [1.29, 1.82) is 0 Å². The first-order valence-corrected chi connectivity index (χ1v) is 4.48. The summed E-state index contributed by atoms with van der Waals surface area (Å²) in [6.45, 7) is 0. The number of anilines is 2. The van der Waals surface area contributed by atoms with Crippen LogP contribution in [0.25, 0.3) is 0 Å². The Labute approximate surface area is 90.6 Å². The van der Waals surface area contributed by atoms with Crippen molar-refractivity contribution in [3.63, 3.8) is 0 Å². The predicted molar refractivity (Wildman–Crippen MR) is 54.9 cm³/mol. The van der Waals surface area contributed by atoms with Crippen molar-refractivity contribution >= 4 is 17.3 Å². The molecule has 0 bridgehead atoms. The second kappa shape index (κ2) is 4.42. The first kappa shape index (κ1) is 12.4. The molecule has 0 saturated heterocycles. The molecular formula is C10H11F3N2O. The van der Waals surface area contributed by atoms with Crippen molar-refractivity contribution < 1.29 is 18.0 Å². The van der Waals surface area contributed by atoms with Crippen molar-refractivity contribution in [2.24, 2.45) is 0 Å². The van der Waals surface area contributed by atoms with E-state index in [2.05, 4.69) is 0 Å². The molecule has 0 fully saturated rings. The van der Waals surface area contributed by atoms with Crippen LogP contribution < -0.4 is 10.6 Å². The SMILES string of the molecule is CN(C(=O)CC(F)(F)F)c1cccc(N)c1. The number of rotatable bonds is 2. The van der Waals surface area contributed by atoms with E-state index in [-0.39, 0.29) is 0 Å². The highest BCUT2D eigenvalue weighted by Crippen LogP contribution is 2.23. The van der Waals surface area contributed by atoms with Crippen molar-refractivity contribution in [2.45, 2.75) is 12.6 Å². The van der Waals surface area contributed by atoms with E-state index < -0.39 is 18.5 Å². The molecule has 0 aliphatic heterocycles. The van der Waals surface area contributed by atoms with E-state index >= 15 is 0 Å². The minimum absolute atomic E-state index is 0.342. The van der Waals surface area contributed by atoms with Crippen molar-refractivity contribution in [2.75, 3.05) is 17.7 Å². The fourth-order valence-electron chi connectivity index (χ4n) is 1.17. The Balaban J connectivity index is 2.78. The van der Waals surface area contributed by atoms with Crippen molar-refractivity contribution in [3.05, 3.63) is 24.3 Å². The molecule has 3 nitrogen and oxygen atoms in total. The van der Waals surface area contributed by atoms with Gasteiger partial charge in [-0.2, -0.15) is 13.2 Å². The van der Waals surface area contributed by atoms with Gasteiger partial charge in [0, 0.05) is 18.4 Å². The second-order valence-corrected chi connectivity index (χ2v) is 3.34. The quantitative estimate of drug-likeness (QED) is 0.794. The Morgan fingerprint density at radius 1 is 1.44 bits per heavy atom. The van der Waals surface area contributed by atoms with Crippen LogP contribution >= 0.6 is 0 Å². The largest absolute Gasteiger partial charge is 0.399 e. The standard InChI is InChI=1S/C10H11F3N2O/c1-15(9(16)6-10(11,12)13)8-4-2-3-7(14)5-8/h2-5H,6,14H2,1H3. The number of halogens is 3.